The number of ether oxygens (including phenoxy) is 1. The molecule has 0 radical (unpaired) electrons. The fourth-order valence-corrected chi connectivity index (χ4v) is 1.90. The molecule has 1 amide bonds. The van der Waals surface area contributed by atoms with Gasteiger partial charge >= 0.3 is 0 Å². The molecule has 0 aliphatic rings. The molecule has 0 unspecified atom stereocenters. The molecule has 0 aliphatic carbocycles. The van der Waals surface area contributed by atoms with E-state index in [2.05, 4.69) is 13.8 Å². The Morgan fingerprint density at radius 2 is 1.95 bits per heavy atom. The SMILES string of the molecule is CCCN(CCC)C(=O)COc1cccc(CN)c1. The van der Waals surface area contributed by atoms with Gasteiger partial charge < -0.3 is 15.4 Å². The molecule has 0 saturated heterocycles. The number of carbonyl (C=O) groups is 1. The fraction of sp³-hybridized carbons (Fsp3) is 0.533. The third kappa shape index (κ3) is 5.30. The molecule has 0 bridgehead atoms. The maximum atomic E-state index is 12.0. The second-order valence-corrected chi connectivity index (χ2v) is 4.52. The first-order valence-corrected chi connectivity index (χ1v) is 6.90. The van der Waals surface area contributed by atoms with Crippen LogP contribution in [-0.2, 0) is 11.3 Å². The number of amides is 1. The lowest BCUT2D eigenvalue weighted by Gasteiger charge is -2.21. The van der Waals surface area contributed by atoms with Crippen LogP contribution in [0.4, 0.5) is 0 Å². The average molecular weight is 264 g/mol. The van der Waals surface area contributed by atoms with Crippen molar-refractivity contribution in [3.8, 4) is 5.75 Å². The van der Waals surface area contributed by atoms with Gasteiger partial charge in [-0.2, -0.15) is 0 Å². The molecule has 1 rings (SSSR count). The van der Waals surface area contributed by atoms with E-state index in [1.807, 2.05) is 29.2 Å². The number of benzene rings is 1. The highest BCUT2D eigenvalue weighted by molar-refractivity contribution is 5.77. The summed E-state index contributed by atoms with van der Waals surface area (Å²) in [5.41, 5.74) is 6.57. The number of rotatable bonds is 8. The van der Waals surface area contributed by atoms with Crippen LogP contribution in [0.5, 0.6) is 5.75 Å². The number of hydrogen-bond acceptors (Lipinski definition) is 3. The lowest BCUT2D eigenvalue weighted by Crippen LogP contribution is -2.36. The van der Waals surface area contributed by atoms with E-state index in [-0.39, 0.29) is 12.5 Å². The maximum Gasteiger partial charge on any atom is 0.260 e. The summed E-state index contributed by atoms with van der Waals surface area (Å²) in [4.78, 5) is 13.9. The Morgan fingerprint density at radius 1 is 1.26 bits per heavy atom. The van der Waals surface area contributed by atoms with Crippen molar-refractivity contribution in [2.45, 2.75) is 33.2 Å². The van der Waals surface area contributed by atoms with E-state index in [9.17, 15) is 4.79 Å². The largest absolute Gasteiger partial charge is 0.484 e. The molecule has 0 heterocycles. The van der Waals surface area contributed by atoms with E-state index in [0.29, 0.717) is 12.3 Å². The molecule has 0 fully saturated rings. The number of hydrogen-bond donors (Lipinski definition) is 1. The summed E-state index contributed by atoms with van der Waals surface area (Å²) < 4.78 is 5.54. The standard InChI is InChI=1S/C15H24N2O2/c1-3-8-17(9-4-2)15(18)12-19-14-7-5-6-13(10-14)11-16/h5-7,10H,3-4,8-9,11-12,16H2,1-2H3. The second-order valence-electron chi connectivity index (χ2n) is 4.52. The van der Waals surface area contributed by atoms with Crippen LogP contribution >= 0.6 is 0 Å². The smallest absolute Gasteiger partial charge is 0.260 e. The Kier molecular flexibility index (Phi) is 6.97. The molecule has 4 heteroatoms. The molecular formula is C15H24N2O2. The van der Waals surface area contributed by atoms with Crippen molar-refractivity contribution in [2.75, 3.05) is 19.7 Å². The van der Waals surface area contributed by atoms with Gasteiger partial charge in [-0.3, -0.25) is 4.79 Å². The van der Waals surface area contributed by atoms with Crippen LogP contribution in [0.25, 0.3) is 0 Å². The Morgan fingerprint density at radius 3 is 2.53 bits per heavy atom. The van der Waals surface area contributed by atoms with Gasteiger partial charge in [0.15, 0.2) is 6.61 Å². The topological polar surface area (TPSA) is 55.6 Å². The predicted octanol–water partition coefficient (Wildman–Crippen LogP) is 2.17. The summed E-state index contributed by atoms with van der Waals surface area (Å²) in [7, 11) is 0. The monoisotopic (exact) mass is 264 g/mol. The summed E-state index contributed by atoms with van der Waals surface area (Å²) in [6.07, 6.45) is 1.93. The van der Waals surface area contributed by atoms with E-state index in [1.54, 1.807) is 0 Å². The van der Waals surface area contributed by atoms with Crippen LogP contribution in [0.1, 0.15) is 32.3 Å². The number of nitrogens with zero attached hydrogens (tertiary/aromatic N) is 1. The minimum Gasteiger partial charge on any atom is -0.484 e. The van der Waals surface area contributed by atoms with Crippen molar-refractivity contribution in [1.29, 1.82) is 0 Å². The van der Waals surface area contributed by atoms with Gasteiger partial charge in [-0.15, -0.1) is 0 Å². The zero-order valence-electron chi connectivity index (χ0n) is 11.9. The van der Waals surface area contributed by atoms with E-state index in [0.717, 1.165) is 31.5 Å². The summed E-state index contributed by atoms with van der Waals surface area (Å²) in [6, 6.07) is 7.54. The third-order valence-corrected chi connectivity index (χ3v) is 2.84. The molecule has 0 aliphatic heterocycles. The normalized spacial score (nSPS) is 10.3. The van der Waals surface area contributed by atoms with E-state index in [4.69, 9.17) is 10.5 Å². The first-order chi connectivity index (χ1) is 9.21. The lowest BCUT2D eigenvalue weighted by molar-refractivity contribution is -0.133. The summed E-state index contributed by atoms with van der Waals surface area (Å²) in [5, 5.41) is 0. The first-order valence-electron chi connectivity index (χ1n) is 6.90. The van der Waals surface area contributed by atoms with E-state index in [1.165, 1.54) is 0 Å². The minimum atomic E-state index is 0.0434. The van der Waals surface area contributed by atoms with Gasteiger partial charge in [0.2, 0.25) is 0 Å². The highest BCUT2D eigenvalue weighted by Gasteiger charge is 2.12. The molecule has 0 aromatic heterocycles. The number of nitrogens with two attached hydrogens (primary N) is 1. The Labute approximate surface area is 115 Å². The van der Waals surface area contributed by atoms with Crippen LogP contribution in [0.3, 0.4) is 0 Å². The van der Waals surface area contributed by atoms with Crippen LogP contribution in [0, 0.1) is 0 Å². The maximum absolute atomic E-state index is 12.0. The van der Waals surface area contributed by atoms with Crippen LogP contribution < -0.4 is 10.5 Å². The lowest BCUT2D eigenvalue weighted by atomic mass is 10.2. The zero-order valence-corrected chi connectivity index (χ0v) is 11.9. The molecular weight excluding hydrogens is 240 g/mol. The van der Waals surface area contributed by atoms with Crippen LogP contribution in [0.2, 0.25) is 0 Å². The van der Waals surface area contributed by atoms with Crippen molar-refractivity contribution in [3.05, 3.63) is 29.8 Å². The van der Waals surface area contributed by atoms with Gasteiger partial charge in [0.1, 0.15) is 5.75 Å². The Hall–Kier alpha value is -1.55. The quantitative estimate of drug-likeness (QED) is 0.783. The van der Waals surface area contributed by atoms with Gasteiger partial charge in [-0.25, -0.2) is 0 Å². The van der Waals surface area contributed by atoms with Crippen molar-refractivity contribution in [3.63, 3.8) is 0 Å². The molecule has 19 heavy (non-hydrogen) atoms. The van der Waals surface area contributed by atoms with Crippen LogP contribution in [0.15, 0.2) is 24.3 Å². The third-order valence-electron chi connectivity index (χ3n) is 2.84. The Bertz CT molecular complexity index is 387. The summed E-state index contributed by atoms with van der Waals surface area (Å²) in [6.45, 7) is 6.29. The minimum absolute atomic E-state index is 0.0434. The van der Waals surface area contributed by atoms with Crippen molar-refractivity contribution in [2.24, 2.45) is 5.73 Å². The molecule has 0 spiro atoms. The zero-order chi connectivity index (χ0) is 14.1. The molecule has 4 nitrogen and oxygen atoms in total. The fourth-order valence-electron chi connectivity index (χ4n) is 1.90. The molecule has 106 valence electrons. The molecule has 1 aromatic carbocycles. The van der Waals surface area contributed by atoms with Crippen molar-refractivity contribution >= 4 is 5.91 Å². The van der Waals surface area contributed by atoms with Crippen molar-refractivity contribution in [1.82, 2.24) is 4.90 Å². The molecule has 0 saturated carbocycles. The van der Waals surface area contributed by atoms with E-state index < -0.39 is 0 Å². The van der Waals surface area contributed by atoms with Gasteiger partial charge in [0.05, 0.1) is 0 Å². The molecule has 1 aromatic rings. The predicted molar refractivity (Wildman–Crippen MR) is 77.0 cm³/mol. The highest BCUT2D eigenvalue weighted by Crippen LogP contribution is 2.13. The van der Waals surface area contributed by atoms with Gasteiger partial charge in [-0.1, -0.05) is 26.0 Å². The van der Waals surface area contributed by atoms with Gasteiger partial charge in [0, 0.05) is 19.6 Å². The summed E-state index contributed by atoms with van der Waals surface area (Å²) >= 11 is 0. The van der Waals surface area contributed by atoms with Gasteiger partial charge in [0.25, 0.3) is 5.91 Å². The highest BCUT2D eigenvalue weighted by atomic mass is 16.5. The van der Waals surface area contributed by atoms with Crippen molar-refractivity contribution < 1.29 is 9.53 Å². The van der Waals surface area contributed by atoms with E-state index >= 15 is 0 Å². The molecule has 2 N–H and O–H groups in total. The van der Waals surface area contributed by atoms with Crippen LogP contribution in [-0.4, -0.2) is 30.5 Å². The molecule has 0 atom stereocenters. The Balaban J connectivity index is 2.51. The second kappa shape index (κ2) is 8.53. The average Bonchev–Trinajstić information content (AvgIpc) is 2.44. The number of carbonyl (C=O) groups excluding carboxylic acids is 1. The first kappa shape index (κ1) is 15.5. The summed E-state index contributed by atoms with van der Waals surface area (Å²) in [5.74, 6) is 0.742. The van der Waals surface area contributed by atoms with Gasteiger partial charge in [-0.05, 0) is 30.5 Å².